The molecule has 3 aromatic rings. The molecule has 4 rings (SSSR count). The highest BCUT2D eigenvalue weighted by Gasteiger charge is 2.43. The van der Waals surface area contributed by atoms with Crippen LogP contribution >= 0.6 is 0 Å². The van der Waals surface area contributed by atoms with Crippen LogP contribution in [-0.4, -0.2) is 124 Å². The number of rotatable bonds is 20. The van der Waals surface area contributed by atoms with Gasteiger partial charge in [-0.3, -0.25) is 48.3 Å². The lowest BCUT2D eigenvalue weighted by molar-refractivity contribution is -0.211. The Bertz CT molecular complexity index is 2180. The van der Waals surface area contributed by atoms with Gasteiger partial charge in [-0.15, -0.1) is 0 Å². The number of imide groups is 1. The quantitative estimate of drug-likeness (QED) is 0.0425. The van der Waals surface area contributed by atoms with E-state index in [1.165, 1.54) is 0 Å². The highest BCUT2D eigenvalue weighted by atomic mass is 19.4. The molecule has 1 aromatic carbocycles. The van der Waals surface area contributed by atoms with Crippen molar-refractivity contribution in [2.75, 3.05) is 50.6 Å². The number of anilines is 2. The monoisotopic (exact) mass is 846 g/mol. The zero-order chi connectivity index (χ0) is 44.2. The molecule has 322 valence electrons. The van der Waals surface area contributed by atoms with Crippen molar-refractivity contribution in [3.05, 3.63) is 64.2 Å². The van der Waals surface area contributed by atoms with Crippen LogP contribution < -0.4 is 32.1 Å². The van der Waals surface area contributed by atoms with Crippen molar-refractivity contribution in [1.29, 1.82) is 0 Å². The largest absolute Gasteiger partial charge is 0.471 e. The first-order chi connectivity index (χ1) is 28.3. The van der Waals surface area contributed by atoms with Gasteiger partial charge in [0.15, 0.2) is 17.0 Å². The Balaban J connectivity index is 1.23. The van der Waals surface area contributed by atoms with Gasteiger partial charge in [-0.1, -0.05) is 0 Å². The number of aromatic amines is 1. The van der Waals surface area contributed by atoms with Gasteiger partial charge in [-0.2, -0.15) is 18.2 Å². The van der Waals surface area contributed by atoms with Crippen molar-refractivity contribution in [1.82, 2.24) is 40.8 Å². The second-order valence-corrected chi connectivity index (χ2v) is 13.2. The van der Waals surface area contributed by atoms with Crippen LogP contribution in [0.25, 0.3) is 11.2 Å². The molecule has 0 saturated heterocycles. The summed E-state index contributed by atoms with van der Waals surface area (Å²) >= 11 is 0. The maximum Gasteiger partial charge on any atom is 0.471 e. The van der Waals surface area contributed by atoms with Gasteiger partial charge < -0.3 is 35.9 Å². The first kappa shape index (κ1) is 45.9. The number of fused-ring (bicyclic) bond motifs is 1. The number of alkyl halides is 3. The topological polar surface area (TPSA) is 287 Å². The van der Waals surface area contributed by atoms with Crippen LogP contribution in [-0.2, 0) is 49.5 Å². The molecule has 2 aromatic heterocycles. The molecule has 0 bridgehead atoms. The lowest BCUT2D eigenvalue weighted by atomic mass is 10.1. The average Bonchev–Trinajstić information content (AvgIpc) is 3.52. The Morgan fingerprint density at radius 3 is 2.10 bits per heavy atom. The van der Waals surface area contributed by atoms with E-state index in [1.54, 1.807) is 13.8 Å². The Morgan fingerprint density at radius 2 is 1.52 bits per heavy atom. The summed E-state index contributed by atoms with van der Waals surface area (Å²) < 4.78 is 56.9. The van der Waals surface area contributed by atoms with Gasteiger partial charge in [0.05, 0.1) is 38.8 Å². The number of esters is 1. The number of halogens is 3. The zero-order valence-corrected chi connectivity index (χ0v) is 32.4. The number of nitrogens with one attached hydrogen (secondary N) is 4. The third-order valence-corrected chi connectivity index (χ3v) is 8.40. The molecular formula is C36H41F3N10O11. The Morgan fingerprint density at radius 1 is 0.917 bits per heavy atom. The summed E-state index contributed by atoms with van der Waals surface area (Å²) in [5, 5.41) is 7.63. The molecule has 24 heteroatoms. The maximum atomic E-state index is 13.6. The number of aromatic nitrogens is 4. The molecule has 0 spiro atoms. The summed E-state index contributed by atoms with van der Waals surface area (Å²) in [6.45, 7) is 2.64. The van der Waals surface area contributed by atoms with E-state index in [9.17, 15) is 51.5 Å². The molecule has 21 nitrogen and oxygen atoms in total. The molecule has 1 aliphatic rings. The van der Waals surface area contributed by atoms with Crippen molar-refractivity contribution < 1.29 is 60.9 Å². The maximum absolute atomic E-state index is 13.6. The number of nitrogen functional groups attached to an aromatic ring is 1. The predicted octanol–water partition coefficient (Wildman–Crippen LogP) is -0.241. The van der Waals surface area contributed by atoms with Crippen LogP contribution in [0.4, 0.5) is 24.8 Å². The number of benzene rings is 1. The molecule has 0 radical (unpaired) electrons. The second kappa shape index (κ2) is 20.2. The number of amides is 6. The third-order valence-electron chi connectivity index (χ3n) is 8.40. The number of ether oxygens (including phenoxy) is 3. The summed E-state index contributed by atoms with van der Waals surface area (Å²) in [5.74, 6) is -7.22. The number of hydrogen-bond donors (Lipinski definition) is 5. The average molecular weight is 847 g/mol. The summed E-state index contributed by atoms with van der Waals surface area (Å²) in [6.07, 6.45) is -2.55. The standard InChI is InChI=1S/C36H41F3N10O11/c1-35(2,60-17-14-42-25(51)12-15-48-26(52)10-11-27(48)53)59-16-13-41-24(50)9-8-23(32(56)58-3)45-30(54)20-4-6-22(7-5-20)49(33(57)36(37,38)39)19-21-18-43-29-28(44-21)31(55)47-34(40)46-29/h4-7,10-11,18,23H,8-9,12-17,19H2,1-3H3,(H,41,50)(H,42,51)(H,45,54)(H3,40,43,46,47,55)/t23-/m0/s1. The molecule has 1 atom stereocenters. The van der Waals surface area contributed by atoms with Crippen LogP contribution in [0.3, 0.4) is 0 Å². The first-order valence-electron chi connectivity index (χ1n) is 18.0. The van der Waals surface area contributed by atoms with E-state index in [1.807, 2.05) is 0 Å². The number of methoxy groups -OCH3 is 1. The number of nitrogens with two attached hydrogens (primary N) is 1. The van der Waals surface area contributed by atoms with Crippen molar-refractivity contribution in [2.24, 2.45) is 0 Å². The molecule has 6 N–H and O–H groups in total. The van der Waals surface area contributed by atoms with E-state index >= 15 is 0 Å². The molecule has 0 fully saturated rings. The molecule has 1 aliphatic heterocycles. The van der Waals surface area contributed by atoms with Gasteiger partial charge >= 0.3 is 18.1 Å². The smallest absolute Gasteiger partial charge is 0.467 e. The van der Waals surface area contributed by atoms with E-state index in [0.29, 0.717) is 4.90 Å². The fourth-order valence-electron chi connectivity index (χ4n) is 5.40. The highest BCUT2D eigenvalue weighted by molar-refractivity contribution is 6.13. The van der Waals surface area contributed by atoms with Crippen molar-refractivity contribution in [2.45, 2.75) is 57.7 Å². The van der Waals surface area contributed by atoms with Crippen LogP contribution in [0.5, 0.6) is 0 Å². The minimum absolute atomic E-state index is 0.0126. The zero-order valence-electron chi connectivity index (χ0n) is 32.4. The lowest BCUT2D eigenvalue weighted by Crippen LogP contribution is -2.42. The van der Waals surface area contributed by atoms with Gasteiger partial charge in [0.2, 0.25) is 17.8 Å². The molecular weight excluding hydrogens is 805 g/mol. The van der Waals surface area contributed by atoms with Gasteiger partial charge in [-0.05, 0) is 44.5 Å². The van der Waals surface area contributed by atoms with Crippen LogP contribution in [0.15, 0.2) is 47.4 Å². The van der Waals surface area contributed by atoms with Crippen molar-refractivity contribution >= 4 is 64.2 Å². The number of hydrogen-bond acceptors (Lipinski definition) is 15. The SMILES string of the molecule is COC(=O)[C@H](CCC(=O)NCCOC(C)(C)OCCNC(=O)CCN1C(=O)C=CC1=O)NC(=O)c1ccc(N(Cc2cnc3nc(N)[nH]c(=O)c3n2)C(=O)C(F)(F)F)cc1. The molecule has 0 aliphatic carbocycles. The minimum atomic E-state index is -5.32. The predicted molar refractivity (Wildman–Crippen MR) is 201 cm³/mol. The fraction of sp³-hybridized carbons (Fsp3) is 0.417. The summed E-state index contributed by atoms with van der Waals surface area (Å²) in [7, 11) is 1.07. The number of carbonyl (C=O) groups is 7. The van der Waals surface area contributed by atoms with Crippen LogP contribution in [0.1, 0.15) is 49.2 Å². The summed E-state index contributed by atoms with van der Waals surface area (Å²) in [6, 6.07) is 3.02. The van der Waals surface area contributed by atoms with Gasteiger partial charge in [0, 0.05) is 55.9 Å². The highest BCUT2D eigenvalue weighted by Crippen LogP contribution is 2.26. The molecule has 0 unspecified atom stereocenters. The lowest BCUT2D eigenvalue weighted by Gasteiger charge is -2.26. The third kappa shape index (κ3) is 13.1. The summed E-state index contributed by atoms with van der Waals surface area (Å²) in [4.78, 5) is 113. The van der Waals surface area contributed by atoms with Crippen molar-refractivity contribution in [3.8, 4) is 0 Å². The van der Waals surface area contributed by atoms with Gasteiger partial charge in [0.25, 0.3) is 23.3 Å². The number of H-pyrrole nitrogens is 1. The Labute approximate surface area is 338 Å². The molecule has 6 amide bonds. The number of nitrogens with zero attached hydrogens (tertiary/aromatic N) is 5. The van der Waals surface area contributed by atoms with E-state index in [2.05, 4.69) is 35.9 Å². The van der Waals surface area contributed by atoms with Crippen molar-refractivity contribution in [3.63, 3.8) is 0 Å². The van der Waals surface area contributed by atoms with E-state index in [-0.39, 0.29) is 92.1 Å². The van der Waals surface area contributed by atoms with E-state index in [4.69, 9.17) is 19.9 Å². The molecule has 0 saturated carbocycles. The van der Waals surface area contributed by atoms with Gasteiger partial charge in [-0.25, -0.2) is 14.8 Å². The normalized spacial score (nSPS) is 13.3. The van der Waals surface area contributed by atoms with Crippen LogP contribution in [0.2, 0.25) is 0 Å². The first-order valence-corrected chi connectivity index (χ1v) is 18.0. The molecule has 60 heavy (non-hydrogen) atoms. The van der Waals surface area contributed by atoms with Gasteiger partial charge in [0.1, 0.15) is 6.04 Å². The second-order valence-electron chi connectivity index (χ2n) is 13.2. The molecule has 3 heterocycles. The van der Waals surface area contributed by atoms with E-state index in [0.717, 1.165) is 54.6 Å². The van der Waals surface area contributed by atoms with Crippen LogP contribution in [0, 0.1) is 0 Å². The van der Waals surface area contributed by atoms with E-state index < -0.39 is 65.6 Å². The number of carbonyl (C=O) groups excluding carboxylic acids is 7. The Hall–Kier alpha value is -6.82. The Kier molecular flexibility index (Phi) is 15.5. The minimum Gasteiger partial charge on any atom is -0.467 e. The summed E-state index contributed by atoms with van der Waals surface area (Å²) in [5.41, 5.74) is 3.56. The fourth-order valence-corrected chi connectivity index (χ4v) is 5.40.